The van der Waals surface area contributed by atoms with Crippen LogP contribution >= 0.6 is 0 Å². The van der Waals surface area contributed by atoms with Gasteiger partial charge in [0.1, 0.15) is 0 Å². The second kappa shape index (κ2) is 11.6. The van der Waals surface area contributed by atoms with Gasteiger partial charge in [-0.2, -0.15) is 13.2 Å². The number of nitrogens with one attached hydrogen (secondary N) is 1. The monoisotopic (exact) mass is 375 g/mol. The summed E-state index contributed by atoms with van der Waals surface area (Å²) in [5, 5.41) is 3.28. The zero-order valence-corrected chi connectivity index (χ0v) is 16.8. The van der Waals surface area contributed by atoms with Gasteiger partial charge in [-0.15, -0.1) is 0 Å². The van der Waals surface area contributed by atoms with E-state index in [0.29, 0.717) is 6.42 Å². The Kier molecular flexibility index (Phi) is 9.80. The van der Waals surface area contributed by atoms with Gasteiger partial charge in [-0.25, -0.2) is 0 Å². The molecule has 2 rings (SSSR count). The van der Waals surface area contributed by atoms with E-state index in [9.17, 15) is 13.2 Å². The third-order valence-electron chi connectivity index (χ3n) is 7.07. The molecule has 2 aliphatic carbocycles. The molecule has 0 aromatic carbocycles. The van der Waals surface area contributed by atoms with Crippen LogP contribution in [0.15, 0.2) is 0 Å². The number of alkyl halides is 3. The lowest BCUT2D eigenvalue weighted by Gasteiger charge is -2.38. The van der Waals surface area contributed by atoms with Gasteiger partial charge in [0.05, 0.1) is 0 Å². The van der Waals surface area contributed by atoms with Crippen molar-refractivity contribution in [2.45, 2.75) is 102 Å². The summed E-state index contributed by atoms with van der Waals surface area (Å²) in [5.74, 6) is 3.74. The van der Waals surface area contributed by atoms with Gasteiger partial charge in [0.25, 0.3) is 0 Å². The van der Waals surface area contributed by atoms with Gasteiger partial charge in [-0.05, 0) is 75.8 Å². The maximum Gasteiger partial charge on any atom is 0.389 e. The predicted molar refractivity (Wildman–Crippen MR) is 103 cm³/mol. The minimum Gasteiger partial charge on any atom is -0.320 e. The molecule has 2 aliphatic rings. The molecule has 0 bridgehead atoms. The fourth-order valence-electron chi connectivity index (χ4n) is 5.36. The van der Waals surface area contributed by atoms with E-state index in [1.54, 1.807) is 0 Å². The van der Waals surface area contributed by atoms with Gasteiger partial charge in [0, 0.05) is 6.42 Å². The molecule has 0 saturated heterocycles. The molecule has 0 unspecified atom stereocenters. The lowest BCUT2D eigenvalue weighted by Crippen LogP contribution is -2.26. The Morgan fingerprint density at radius 2 is 1.19 bits per heavy atom. The summed E-state index contributed by atoms with van der Waals surface area (Å²) in [4.78, 5) is 0. The topological polar surface area (TPSA) is 12.0 Å². The van der Waals surface area contributed by atoms with Gasteiger partial charge in [0.15, 0.2) is 0 Å². The molecule has 0 aliphatic heterocycles. The van der Waals surface area contributed by atoms with E-state index in [-0.39, 0.29) is 0 Å². The largest absolute Gasteiger partial charge is 0.389 e. The maximum absolute atomic E-state index is 12.1. The van der Waals surface area contributed by atoms with Crippen molar-refractivity contribution in [3.05, 3.63) is 0 Å². The molecule has 0 aromatic heterocycles. The molecular weight excluding hydrogens is 335 g/mol. The first-order valence-electron chi connectivity index (χ1n) is 11.2. The van der Waals surface area contributed by atoms with Crippen molar-refractivity contribution in [1.82, 2.24) is 5.32 Å². The Hall–Kier alpha value is -0.250. The zero-order valence-electron chi connectivity index (χ0n) is 16.8. The van der Waals surface area contributed by atoms with Crippen LogP contribution in [0.25, 0.3) is 0 Å². The van der Waals surface area contributed by atoms with Gasteiger partial charge in [0.2, 0.25) is 0 Å². The molecule has 2 fully saturated rings. The SMILES string of the molecule is CNCCC1CCC(C2CCC(CCCCCCC(F)(F)F)CC2)CC1. The highest BCUT2D eigenvalue weighted by atomic mass is 19.4. The minimum absolute atomic E-state index is 0.313. The molecule has 1 N–H and O–H groups in total. The highest BCUT2D eigenvalue weighted by Gasteiger charge is 2.30. The van der Waals surface area contributed by atoms with Crippen molar-refractivity contribution in [2.24, 2.45) is 23.7 Å². The van der Waals surface area contributed by atoms with Crippen LogP contribution in [0.4, 0.5) is 13.2 Å². The van der Waals surface area contributed by atoms with Crippen LogP contribution in [-0.2, 0) is 0 Å². The highest BCUT2D eigenvalue weighted by molar-refractivity contribution is 4.82. The molecular formula is C22H40F3N. The van der Waals surface area contributed by atoms with E-state index in [2.05, 4.69) is 5.32 Å². The number of unbranched alkanes of at least 4 members (excludes halogenated alkanes) is 3. The molecule has 154 valence electrons. The summed E-state index contributed by atoms with van der Waals surface area (Å²) in [6, 6.07) is 0. The van der Waals surface area contributed by atoms with E-state index in [4.69, 9.17) is 0 Å². The van der Waals surface area contributed by atoms with Crippen molar-refractivity contribution in [3.8, 4) is 0 Å². The van der Waals surface area contributed by atoms with E-state index >= 15 is 0 Å². The van der Waals surface area contributed by atoms with Gasteiger partial charge < -0.3 is 5.32 Å². The average Bonchev–Trinajstić information content (AvgIpc) is 2.63. The Labute approximate surface area is 158 Å². The molecule has 0 radical (unpaired) electrons. The highest BCUT2D eigenvalue weighted by Crippen LogP contribution is 2.42. The van der Waals surface area contributed by atoms with Crippen LogP contribution in [0.1, 0.15) is 96.3 Å². The number of rotatable bonds is 10. The van der Waals surface area contributed by atoms with Crippen LogP contribution < -0.4 is 5.32 Å². The van der Waals surface area contributed by atoms with Gasteiger partial charge >= 0.3 is 6.18 Å². The number of halogens is 3. The second-order valence-corrected chi connectivity index (χ2v) is 9.02. The Morgan fingerprint density at radius 1 is 0.692 bits per heavy atom. The molecule has 0 atom stereocenters. The van der Waals surface area contributed by atoms with Crippen LogP contribution in [0.2, 0.25) is 0 Å². The second-order valence-electron chi connectivity index (χ2n) is 9.02. The predicted octanol–water partition coefficient (Wildman–Crippen LogP) is 7.11. The van der Waals surface area contributed by atoms with Crippen LogP contribution in [0.5, 0.6) is 0 Å². The Morgan fingerprint density at radius 3 is 1.69 bits per heavy atom. The Balaban J connectivity index is 1.50. The van der Waals surface area contributed by atoms with Crippen molar-refractivity contribution in [2.75, 3.05) is 13.6 Å². The van der Waals surface area contributed by atoms with Crippen molar-refractivity contribution < 1.29 is 13.2 Å². The van der Waals surface area contributed by atoms with E-state index in [0.717, 1.165) is 49.5 Å². The molecule has 2 saturated carbocycles. The van der Waals surface area contributed by atoms with Gasteiger partial charge in [-0.3, -0.25) is 0 Å². The summed E-state index contributed by atoms with van der Waals surface area (Å²) >= 11 is 0. The Bertz CT molecular complexity index is 353. The van der Waals surface area contributed by atoms with Crippen molar-refractivity contribution in [3.63, 3.8) is 0 Å². The van der Waals surface area contributed by atoms with E-state index in [1.807, 2.05) is 7.05 Å². The summed E-state index contributed by atoms with van der Waals surface area (Å²) < 4.78 is 36.4. The molecule has 1 nitrogen and oxygen atoms in total. The molecule has 0 heterocycles. The van der Waals surface area contributed by atoms with E-state index in [1.165, 1.54) is 64.2 Å². The first-order valence-corrected chi connectivity index (χ1v) is 11.2. The smallest absolute Gasteiger partial charge is 0.320 e. The summed E-state index contributed by atoms with van der Waals surface area (Å²) in [7, 11) is 2.05. The van der Waals surface area contributed by atoms with Crippen LogP contribution in [0, 0.1) is 23.7 Å². The van der Waals surface area contributed by atoms with Crippen LogP contribution in [-0.4, -0.2) is 19.8 Å². The summed E-state index contributed by atoms with van der Waals surface area (Å²) in [6.07, 6.45) is 12.5. The van der Waals surface area contributed by atoms with Crippen molar-refractivity contribution >= 4 is 0 Å². The minimum atomic E-state index is -3.97. The fraction of sp³-hybridized carbons (Fsp3) is 1.00. The zero-order chi connectivity index (χ0) is 18.8. The summed E-state index contributed by atoms with van der Waals surface area (Å²) in [5.41, 5.74) is 0. The average molecular weight is 376 g/mol. The maximum atomic E-state index is 12.1. The third-order valence-corrected chi connectivity index (χ3v) is 7.07. The van der Waals surface area contributed by atoms with Crippen molar-refractivity contribution in [1.29, 1.82) is 0 Å². The standard InChI is InChI=1S/C22H40F3N/c1-26-17-15-19-9-13-21(14-10-19)20-11-7-18(8-12-20)6-4-2-3-5-16-22(23,24)25/h18-21,26H,2-17H2,1H3. The molecule has 0 spiro atoms. The lowest BCUT2D eigenvalue weighted by atomic mass is 9.68. The lowest BCUT2D eigenvalue weighted by molar-refractivity contribution is -0.135. The first-order chi connectivity index (χ1) is 12.5. The summed E-state index contributed by atoms with van der Waals surface area (Å²) in [6.45, 7) is 1.16. The quantitative estimate of drug-likeness (QED) is 0.401. The normalized spacial score (nSPS) is 30.5. The molecule has 0 aromatic rings. The first kappa shape index (κ1) is 22.0. The van der Waals surface area contributed by atoms with Gasteiger partial charge in [-0.1, -0.05) is 51.4 Å². The molecule has 4 heteroatoms. The third kappa shape index (κ3) is 8.63. The van der Waals surface area contributed by atoms with Crippen LogP contribution in [0.3, 0.4) is 0 Å². The fourth-order valence-corrected chi connectivity index (χ4v) is 5.36. The number of hydrogen-bond donors (Lipinski definition) is 1. The molecule has 26 heavy (non-hydrogen) atoms. The van der Waals surface area contributed by atoms with E-state index < -0.39 is 12.6 Å². The number of hydrogen-bond acceptors (Lipinski definition) is 1. The molecule has 0 amide bonds.